The third kappa shape index (κ3) is 4.17. The molecule has 0 aliphatic heterocycles. The van der Waals surface area contributed by atoms with Crippen molar-refractivity contribution in [2.45, 2.75) is 13.5 Å². The second-order valence-corrected chi connectivity index (χ2v) is 5.14. The van der Waals surface area contributed by atoms with E-state index < -0.39 is 0 Å². The largest absolute Gasteiger partial charge is 0.488 e. The van der Waals surface area contributed by atoms with E-state index in [2.05, 4.69) is 27.3 Å². The number of hydrogen-bond donors (Lipinski definition) is 2. The van der Waals surface area contributed by atoms with Gasteiger partial charge in [-0.05, 0) is 18.6 Å². The van der Waals surface area contributed by atoms with Crippen LogP contribution >= 0.6 is 11.6 Å². The smallest absolute Gasteiger partial charge is 0.160 e. The summed E-state index contributed by atoms with van der Waals surface area (Å²) in [7, 11) is 1.60. The molecular formula is C15H17ClN6O. The van der Waals surface area contributed by atoms with Gasteiger partial charge in [-0.15, -0.1) is 5.10 Å². The van der Waals surface area contributed by atoms with Gasteiger partial charge < -0.3 is 10.1 Å². The minimum absolute atomic E-state index is 0.219. The van der Waals surface area contributed by atoms with E-state index in [1.807, 2.05) is 31.2 Å². The molecule has 1 aromatic carbocycles. The van der Waals surface area contributed by atoms with Crippen molar-refractivity contribution in [3.63, 3.8) is 0 Å². The zero-order valence-electron chi connectivity index (χ0n) is 12.9. The van der Waals surface area contributed by atoms with Crippen LogP contribution in [0.2, 0.25) is 5.15 Å². The molecule has 1 heterocycles. The van der Waals surface area contributed by atoms with E-state index in [4.69, 9.17) is 21.9 Å². The fourth-order valence-corrected chi connectivity index (χ4v) is 2.00. The predicted molar refractivity (Wildman–Crippen MR) is 88.2 cm³/mol. The highest BCUT2D eigenvalue weighted by atomic mass is 35.5. The normalized spacial score (nSPS) is 10.0. The molecule has 23 heavy (non-hydrogen) atoms. The van der Waals surface area contributed by atoms with Crippen LogP contribution in [0.4, 0.5) is 5.69 Å². The first-order valence-corrected chi connectivity index (χ1v) is 7.16. The van der Waals surface area contributed by atoms with Crippen LogP contribution in [-0.2, 0) is 6.61 Å². The highest BCUT2D eigenvalue weighted by Crippen LogP contribution is 2.25. The second-order valence-electron chi connectivity index (χ2n) is 4.78. The number of hydrogen-bond acceptors (Lipinski definition) is 6. The summed E-state index contributed by atoms with van der Waals surface area (Å²) in [6.07, 6.45) is 1.52. The minimum atomic E-state index is 0.219. The van der Waals surface area contributed by atoms with Crippen molar-refractivity contribution in [2.75, 3.05) is 12.4 Å². The Balaban J connectivity index is 2.19. The van der Waals surface area contributed by atoms with Gasteiger partial charge in [0.15, 0.2) is 5.15 Å². The molecular weight excluding hydrogens is 316 g/mol. The Kier molecular flexibility index (Phi) is 5.48. The number of rotatable bonds is 7. The molecule has 1 aromatic heterocycles. The van der Waals surface area contributed by atoms with Crippen molar-refractivity contribution in [3.8, 4) is 5.75 Å². The van der Waals surface area contributed by atoms with Gasteiger partial charge in [-0.1, -0.05) is 41.6 Å². The van der Waals surface area contributed by atoms with Gasteiger partial charge >= 0.3 is 0 Å². The fourth-order valence-electron chi connectivity index (χ4n) is 1.80. The maximum atomic E-state index is 6.99. The first-order valence-electron chi connectivity index (χ1n) is 6.78. The molecule has 0 unspecified atom stereocenters. The number of aromatic nitrogens is 2. The number of halogens is 1. The summed E-state index contributed by atoms with van der Waals surface area (Å²) >= 11 is 6.13. The van der Waals surface area contributed by atoms with E-state index in [1.54, 1.807) is 7.05 Å². The number of nitrogens with one attached hydrogen (secondary N) is 2. The Morgan fingerprint density at radius 2 is 2.22 bits per heavy atom. The minimum Gasteiger partial charge on any atom is -0.488 e. The quantitative estimate of drug-likeness (QED) is 0.595. The average molecular weight is 333 g/mol. The van der Waals surface area contributed by atoms with Crippen molar-refractivity contribution < 1.29 is 4.74 Å². The monoisotopic (exact) mass is 332 g/mol. The molecule has 2 aromatic rings. The highest BCUT2D eigenvalue weighted by molar-refractivity contribution is 6.30. The molecule has 0 aliphatic carbocycles. The lowest BCUT2D eigenvalue weighted by Crippen LogP contribution is -2.17. The molecule has 0 radical (unpaired) electrons. The molecule has 0 saturated heterocycles. The van der Waals surface area contributed by atoms with Gasteiger partial charge in [0, 0.05) is 7.05 Å². The molecule has 2 rings (SSSR count). The summed E-state index contributed by atoms with van der Waals surface area (Å²) in [5, 5.41) is 15.4. The van der Waals surface area contributed by atoms with E-state index in [0.717, 1.165) is 11.3 Å². The molecule has 8 heteroatoms. The molecule has 0 fully saturated rings. The van der Waals surface area contributed by atoms with E-state index in [9.17, 15) is 0 Å². The molecule has 0 amide bonds. The summed E-state index contributed by atoms with van der Waals surface area (Å²) in [5.74, 6) is 1.17. The van der Waals surface area contributed by atoms with Crippen molar-refractivity contribution in [3.05, 3.63) is 59.1 Å². The maximum Gasteiger partial charge on any atom is 0.160 e. The predicted octanol–water partition coefficient (Wildman–Crippen LogP) is 3.78. The molecule has 0 saturated carbocycles. The van der Waals surface area contributed by atoms with Crippen LogP contribution in [0.1, 0.15) is 11.1 Å². The number of aryl methyl sites for hydroxylation is 1. The third-order valence-corrected chi connectivity index (χ3v) is 3.50. The van der Waals surface area contributed by atoms with E-state index >= 15 is 0 Å². The van der Waals surface area contributed by atoms with Crippen molar-refractivity contribution in [2.24, 2.45) is 5.22 Å². The van der Waals surface area contributed by atoms with Gasteiger partial charge in [-0.3, -0.25) is 0 Å². The number of ether oxygens (including phenoxy) is 1. The standard InChI is InChI=1S/C15H17ClN6O/c1-10-6-4-5-7-14(10)23-9-12-13(8-18-20-15(12)16)19-11(2)22(3)21-17/h4-8,17H,2,9H2,1,3H3,(H,19,20). The number of anilines is 1. The van der Waals surface area contributed by atoms with Crippen LogP contribution in [0, 0.1) is 12.5 Å². The van der Waals surface area contributed by atoms with E-state index in [1.165, 1.54) is 11.2 Å². The molecule has 120 valence electrons. The third-order valence-electron chi connectivity index (χ3n) is 3.19. The Morgan fingerprint density at radius 3 is 2.91 bits per heavy atom. The molecule has 0 atom stereocenters. The molecule has 0 aliphatic rings. The van der Waals surface area contributed by atoms with Crippen LogP contribution in [-0.4, -0.2) is 22.3 Å². The van der Waals surface area contributed by atoms with Crippen molar-refractivity contribution in [1.29, 1.82) is 5.53 Å². The zero-order chi connectivity index (χ0) is 16.8. The average Bonchev–Trinajstić information content (AvgIpc) is 2.55. The first kappa shape index (κ1) is 16.7. The SMILES string of the molecule is C=C(Nc1cnnc(Cl)c1COc1ccccc1C)N(C)N=N. The number of para-hydroxylation sites is 1. The fraction of sp³-hybridized carbons (Fsp3) is 0.200. The lowest BCUT2D eigenvalue weighted by molar-refractivity contribution is 0.304. The lowest BCUT2D eigenvalue weighted by Gasteiger charge is -2.18. The summed E-state index contributed by atoms with van der Waals surface area (Å²) in [6, 6.07) is 7.70. The van der Waals surface area contributed by atoms with Crippen molar-refractivity contribution >= 4 is 17.3 Å². The zero-order valence-corrected chi connectivity index (χ0v) is 13.6. The van der Waals surface area contributed by atoms with Gasteiger partial charge in [-0.25, -0.2) is 5.01 Å². The van der Waals surface area contributed by atoms with E-state index in [-0.39, 0.29) is 11.8 Å². The van der Waals surface area contributed by atoms with Gasteiger partial charge in [-0.2, -0.15) is 10.6 Å². The molecule has 7 nitrogen and oxygen atoms in total. The number of nitrogens with zero attached hydrogens (tertiary/aromatic N) is 4. The molecule has 0 spiro atoms. The van der Waals surface area contributed by atoms with E-state index in [0.29, 0.717) is 17.1 Å². The summed E-state index contributed by atoms with van der Waals surface area (Å²) < 4.78 is 5.82. The van der Waals surface area contributed by atoms with Gasteiger partial charge in [0.1, 0.15) is 18.2 Å². The second kappa shape index (κ2) is 7.55. The topological polar surface area (TPSA) is 86.5 Å². The van der Waals surface area contributed by atoms with Crippen LogP contribution < -0.4 is 10.1 Å². The lowest BCUT2D eigenvalue weighted by atomic mass is 10.2. The van der Waals surface area contributed by atoms with Crippen LogP contribution in [0.3, 0.4) is 0 Å². The van der Waals surface area contributed by atoms with Crippen LogP contribution in [0.5, 0.6) is 5.75 Å². The summed E-state index contributed by atoms with van der Waals surface area (Å²) in [5.41, 5.74) is 9.25. The summed E-state index contributed by atoms with van der Waals surface area (Å²) in [6.45, 7) is 5.98. The highest BCUT2D eigenvalue weighted by Gasteiger charge is 2.13. The Morgan fingerprint density at radius 1 is 1.48 bits per heavy atom. The Labute approximate surface area is 139 Å². The van der Waals surface area contributed by atoms with Gasteiger partial charge in [0.25, 0.3) is 0 Å². The van der Waals surface area contributed by atoms with Gasteiger partial charge in [0.2, 0.25) is 0 Å². The maximum absolute atomic E-state index is 6.99. The Bertz CT molecular complexity index is 721. The van der Waals surface area contributed by atoms with Crippen LogP contribution in [0.15, 0.2) is 48.1 Å². The van der Waals surface area contributed by atoms with Gasteiger partial charge in [0.05, 0.1) is 17.4 Å². The Hall–Kier alpha value is -2.67. The molecule has 2 N–H and O–H groups in total. The van der Waals surface area contributed by atoms with Crippen molar-refractivity contribution in [1.82, 2.24) is 15.2 Å². The number of benzene rings is 1. The first-order chi connectivity index (χ1) is 11.0. The molecule has 0 bridgehead atoms. The van der Waals surface area contributed by atoms with Crippen LogP contribution in [0.25, 0.3) is 0 Å². The summed E-state index contributed by atoms with van der Waals surface area (Å²) in [4.78, 5) is 0.